The zero-order valence-corrected chi connectivity index (χ0v) is 12.7. The molecular weight excluding hydrogens is 272 g/mol. The Morgan fingerprint density at radius 2 is 2.38 bits per heavy atom. The number of aliphatic hydroxyl groups excluding tert-OH is 1. The first kappa shape index (κ1) is 15.9. The normalized spacial score (nSPS) is 22.6. The van der Waals surface area contributed by atoms with E-state index in [-0.39, 0.29) is 24.7 Å². The molecule has 21 heavy (non-hydrogen) atoms. The second-order valence-electron chi connectivity index (χ2n) is 5.45. The number of hydrogen-bond donors (Lipinski definition) is 2. The SMILES string of the molecule is Cc1c(C(=O)N2CC(CO)OCC2C)cnn1CCCN. The lowest BCUT2D eigenvalue weighted by Gasteiger charge is -2.37. The molecule has 2 heterocycles. The number of aliphatic hydroxyl groups is 1. The molecule has 2 atom stereocenters. The van der Waals surface area contributed by atoms with Crippen molar-refractivity contribution in [1.82, 2.24) is 14.7 Å². The van der Waals surface area contributed by atoms with E-state index >= 15 is 0 Å². The predicted molar refractivity (Wildman–Crippen MR) is 78.0 cm³/mol. The maximum Gasteiger partial charge on any atom is 0.257 e. The number of aromatic nitrogens is 2. The first-order valence-corrected chi connectivity index (χ1v) is 7.34. The lowest BCUT2D eigenvalue weighted by Crippen LogP contribution is -2.52. The Hall–Kier alpha value is -1.44. The topological polar surface area (TPSA) is 93.6 Å². The molecule has 1 aromatic heterocycles. The third-order valence-corrected chi connectivity index (χ3v) is 3.88. The molecule has 7 nitrogen and oxygen atoms in total. The molecular formula is C14H24N4O3. The van der Waals surface area contributed by atoms with Gasteiger partial charge in [-0.1, -0.05) is 0 Å². The van der Waals surface area contributed by atoms with Crippen molar-refractivity contribution < 1.29 is 14.6 Å². The number of morpholine rings is 1. The summed E-state index contributed by atoms with van der Waals surface area (Å²) < 4.78 is 7.28. The van der Waals surface area contributed by atoms with Crippen LogP contribution in [0.15, 0.2) is 6.20 Å². The lowest BCUT2D eigenvalue weighted by atomic mass is 10.1. The number of carbonyl (C=O) groups is 1. The third kappa shape index (κ3) is 3.42. The smallest absolute Gasteiger partial charge is 0.257 e. The molecule has 2 rings (SSSR count). The summed E-state index contributed by atoms with van der Waals surface area (Å²) in [6.45, 7) is 5.92. The van der Waals surface area contributed by atoms with Gasteiger partial charge in [0.2, 0.25) is 0 Å². The van der Waals surface area contributed by atoms with E-state index < -0.39 is 0 Å². The fourth-order valence-corrected chi connectivity index (χ4v) is 2.49. The van der Waals surface area contributed by atoms with E-state index in [1.54, 1.807) is 11.1 Å². The van der Waals surface area contributed by atoms with Gasteiger partial charge in [-0.25, -0.2) is 0 Å². The van der Waals surface area contributed by atoms with E-state index in [9.17, 15) is 9.90 Å². The highest BCUT2D eigenvalue weighted by Crippen LogP contribution is 2.17. The Kier molecular flexibility index (Phi) is 5.33. The minimum Gasteiger partial charge on any atom is -0.394 e. The standard InChI is InChI=1S/C14H24N4O3/c1-10-9-21-12(8-19)7-17(10)14(20)13-6-16-18(11(13)2)5-3-4-15/h6,10,12,19H,3-5,7-9,15H2,1-2H3. The number of carbonyl (C=O) groups excluding carboxylic acids is 1. The van der Waals surface area contributed by atoms with Gasteiger partial charge in [0.15, 0.2) is 0 Å². The number of amides is 1. The van der Waals surface area contributed by atoms with Gasteiger partial charge < -0.3 is 20.5 Å². The molecule has 1 aromatic rings. The van der Waals surface area contributed by atoms with Gasteiger partial charge in [0.05, 0.1) is 37.1 Å². The molecule has 0 spiro atoms. The first-order chi connectivity index (χ1) is 10.1. The first-order valence-electron chi connectivity index (χ1n) is 7.34. The Labute approximate surface area is 124 Å². The molecule has 7 heteroatoms. The van der Waals surface area contributed by atoms with Crippen molar-refractivity contribution in [2.24, 2.45) is 5.73 Å². The molecule has 118 valence electrons. The van der Waals surface area contributed by atoms with Gasteiger partial charge >= 0.3 is 0 Å². The Bertz CT molecular complexity index is 489. The van der Waals surface area contributed by atoms with Crippen molar-refractivity contribution in [3.63, 3.8) is 0 Å². The fraction of sp³-hybridized carbons (Fsp3) is 0.714. The number of nitrogens with two attached hydrogens (primary N) is 1. The quantitative estimate of drug-likeness (QED) is 0.782. The summed E-state index contributed by atoms with van der Waals surface area (Å²) in [7, 11) is 0. The highest BCUT2D eigenvalue weighted by atomic mass is 16.5. The molecule has 2 unspecified atom stereocenters. The van der Waals surface area contributed by atoms with Gasteiger partial charge in [-0.15, -0.1) is 0 Å². The highest BCUT2D eigenvalue weighted by molar-refractivity contribution is 5.95. The van der Waals surface area contributed by atoms with E-state index in [0.29, 0.717) is 31.8 Å². The Morgan fingerprint density at radius 3 is 3.05 bits per heavy atom. The number of rotatable bonds is 5. The fourth-order valence-electron chi connectivity index (χ4n) is 2.49. The maximum absolute atomic E-state index is 12.7. The van der Waals surface area contributed by atoms with Crippen molar-refractivity contribution in [2.45, 2.75) is 39.0 Å². The van der Waals surface area contributed by atoms with Crippen LogP contribution in [0.5, 0.6) is 0 Å². The monoisotopic (exact) mass is 296 g/mol. The number of ether oxygens (including phenoxy) is 1. The van der Waals surface area contributed by atoms with Crippen LogP contribution in [-0.4, -0.2) is 64.1 Å². The van der Waals surface area contributed by atoms with E-state index in [1.165, 1.54) is 0 Å². The summed E-state index contributed by atoms with van der Waals surface area (Å²) in [6, 6.07) is -0.00732. The predicted octanol–water partition coefficient (Wildman–Crippen LogP) is -0.238. The minimum atomic E-state index is -0.308. The average molecular weight is 296 g/mol. The summed E-state index contributed by atoms with van der Waals surface area (Å²) >= 11 is 0. The van der Waals surface area contributed by atoms with E-state index in [1.807, 2.05) is 18.5 Å². The van der Waals surface area contributed by atoms with Crippen LogP contribution in [0.3, 0.4) is 0 Å². The molecule has 1 aliphatic heterocycles. The van der Waals surface area contributed by atoms with Crippen LogP contribution < -0.4 is 5.73 Å². The minimum absolute atomic E-state index is 0.00732. The molecule has 1 aliphatic rings. The summed E-state index contributed by atoms with van der Waals surface area (Å²) in [5.74, 6) is -0.0549. The van der Waals surface area contributed by atoms with Gasteiger partial charge in [0.25, 0.3) is 5.91 Å². The molecule has 3 N–H and O–H groups in total. The van der Waals surface area contributed by atoms with Gasteiger partial charge in [-0.3, -0.25) is 9.48 Å². The summed E-state index contributed by atoms with van der Waals surface area (Å²) in [5.41, 5.74) is 6.97. The van der Waals surface area contributed by atoms with Crippen LogP contribution >= 0.6 is 0 Å². The molecule has 1 amide bonds. The summed E-state index contributed by atoms with van der Waals surface area (Å²) in [5, 5.41) is 13.5. The molecule has 0 aliphatic carbocycles. The van der Waals surface area contributed by atoms with Gasteiger partial charge in [-0.2, -0.15) is 5.10 Å². The van der Waals surface area contributed by atoms with Crippen LogP contribution in [0.25, 0.3) is 0 Å². The molecule has 1 fully saturated rings. The molecule has 0 saturated carbocycles. The van der Waals surface area contributed by atoms with Crippen molar-refractivity contribution in [3.8, 4) is 0 Å². The van der Waals surface area contributed by atoms with Crippen molar-refractivity contribution in [1.29, 1.82) is 0 Å². The van der Waals surface area contributed by atoms with Crippen LogP contribution in [0.2, 0.25) is 0 Å². The summed E-state index contributed by atoms with van der Waals surface area (Å²) in [4.78, 5) is 14.4. The van der Waals surface area contributed by atoms with Gasteiger partial charge in [0.1, 0.15) is 0 Å². The van der Waals surface area contributed by atoms with Crippen molar-refractivity contribution in [3.05, 3.63) is 17.5 Å². The molecule has 0 radical (unpaired) electrons. The second-order valence-corrected chi connectivity index (χ2v) is 5.45. The number of hydrogen-bond acceptors (Lipinski definition) is 5. The van der Waals surface area contributed by atoms with Crippen molar-refractivity contribution >= 4 is 5.91 Å². The molecule has 0 aromatic carbocycles. The van der Waals surface area contributed by atoms with E-state index in [4.69, 9.17) is 10.5 Å². The van der Waals surface area contributed by atoms with E-state index in [0.717, 1.165) is 12.1 Å². The highest BCUT2D eigenvalue weighted by Gasteiger charge is 2.31. The number of aryl methyl sites for hydroxylation is 1. The molecule has 1 saturated heterocycles. The summed E-state index contributed by atoms with van der Waals surface area (Å²) in [6.07, 6.45) is 2.14. The maximum atomic E-state index is 12.7. The second kappa shape index (κ2) is 7.02. The van der Waals surface area contributed by atoms with Crippen LogP contribution in [-0.2, 0) is 11.3 Å². The van der Waals surface area contributed by atoms with Gasteiger partial charge in [0, 0.05) is 18.8 Å². The van der Waals surface area contributed by atoms with Crippen molar-refractivity contribution in [2.75, 3.05) is 26.3 Å². The van der Waals surface area contributed by atoms with Crippen LogP contribution in [0.4, 0.5) is 0 Å². The zero-order chi connectivity index (χ0) is 15.4. The largest absolute Gasteiger partial charge is 0.394 e. The van der Waals surface area contributed by atoms with E-state index in [2.05, 4.69) is 5.10 Å². The van der Waals surface area contributed by atoms with Gasteiger partial charge in [-0.05, 0) is 26.8 Å². The third-order valence-electron chi connectivity index (χ3n) is 3.88. The zero-order valence-electron chi connectivity index (χ0n) is 12.7. The Balaban J connectivity index is 2.13. The van der Waals surface area contributed by atoms with Crippen LogP contribution in [0, 0.1) is 6.92 Å². The lowest BCUT2D eigenvalue weighted by molar-refractivity contribution is -0.0667. The average Bonchev–Trinajstić information content (AvgIpc) is 2.86. The number of nitrogens with zero attached hydrogens (tertiary/aromatic N) is 3. The Morgan fingerprint density at radius 1 is 1.62 bits per heavy atom. The van der Waals surface area contributed by atoms with Crippen LogP contribution in [0.1, 0.15) is 29.4 Å². The molecule has 0 bridgehead atoms.